The summed E-state index contributed by atoms with van der Waals surface area (Å²) in [6.45, 7) is 0.839. The minimum absolute atomic E-state index is 0.196. The Balaban J connectivity index is 0.000000487. The van der Waals surface area contributed by atoms with Crippen molar-refractivity contribution in [3.05, 3.63) is 34.6 Å². The highest BCUT2D eigenvalue weighted by Gasteiger charge is 2.39. The molecule has 0 saturated heterocycles. The highest BCUT2D eigenvalue weighted by atomic mass is 35.5. The van der Waals surface area contributed by atoms with Crippen LogP contribution in [-0.4, -0.2) is 58.4 Å². The zero-order chi connectivity index (χ0) is 19.9. The topological polar surface area (TPSA) is 98.1 Å². The Morgan fingerprint density at radius 2 is 1.88 bits per heavy atom. The lowest BCUT2D eigenvalue weighted by atomic mass is 9.72. The first-order valence-electron chi connectivity index (χ1n) is 8.32. The molecule has 1 aromatic rings. The number of hydrogen-bond donors (Lipinski definition) is 3. The van der Waals surface area contributed by atoms with E-state index < -0.39 is 17.5 Å². The molecule has 0 amide bonds. The second-order valence-electron chi connectivity index (χ2n) is 6.83. The molecular formula is C18H25ClFNO5. The van der Waals surface area contributed by atoms with Crippen molar-refractivity contribution in [1.29, 1.82) is 0 Å². The number of carboxylic acids is 2. The molecule has 1 aliphatic rings. The zero-order valence-electron chi connectivity index (χ0n) is 14.9. The third-order valence-electron chi connectivity index (χ3n) is 4.45. The summed E-state index contributed by atoms with van der Waals surface area (Å²) in [5.74, 6) is -3.77. The summed E-state index contributed by atoms with van der Waals surface area (Å²) in [7, 11) is 4.02. The summed E-state index contributed by atoms with van der Waals surface area (Å²) >= 11 is 5.78. The largest absolute Gasteiger partial charge is 0.473 e. The first-order valence-corrected chi connectivity index (χ1v) is 8.70. The molecule has 26 heavy (non-hydrogen) atoms. The molecule has 1 fully saturated rings. The number of hydrogen-bond acceptors (Lipinski definition) is 4. The van der Waals surface area contributed by atoms with E-state index in [1.165, 1.54) is 6.07 Å². The Morgan fingerprint density at radius 1 is 1.27 bits per heavy atom. The van der Waals surface area contributed by atoms with Crippen molar-refractivity contribution in [3.63, 3.8) is 0 Å². The molecule has 6 nitrogen and oxygen atoms in total. The van der Waals surface area contributed by atoms with Crippen LogP contribution in [0.5, 0.6) is 0 Å². The van der Waals surface area contributed by atoms with Gasteiger partial charge in [0.05, 0.1) is 5.60 Å². The number of benzene rings is 1. The zero-order valence-corrected chi connectivity index (χ0v) is 15.7. The fraction of sp³-hybridized carbons (Fsp3) is 0.556. The van der Waals surface area contributed by atoms with Gasteiger partial charge in [-0.05, 0) is 44.6 Å². The Morgan fingerprint density at radius 3 is 2.38 bits per heavy atom. The Bertz CT molecular complexity index is 628. The highest BCUT2D eigenvalue weighted by Crippen LogP contribution is 2.37. The SMILES string of the molecule is CN(C)C[C@@H]1CCCC[C@]1(O)Cc1ccc(Cl)cc1F.O=C(O)C(=O)O. The summed E-state index contributed by atoms with van der Waals surface area (Å²) in [4.78, 5) is 20.3. The molecule has 0 heterocycles. The summed E-state index contributed by atoms with van der Waals surface area (Å²) in [5, 5.41) is 26.2. The van der Waals surface area contributed by atoms with Crippen molar-refractivity contribution in [2.75, 3.05) is 20.6 Å². The smallest absolute Gasteiger partial charge is 0.414 e. The average Bonchev–Trinajstić information content (AvgIpc) is 2.53. The van der Waals surface area contributed by atoms with E-state index in [1.807, 2.05) is 14.1 Å². The van der Waals surface area contributed by atoms with Gasteiger partial charge in [-0.1, -0.05) is 30.5 Å². The predicted molar refractivity (Wildman–Crippen MR) is 95.8 cm³/mol. The molecule has 2 rings (SSSR count). The van der Waals surface area contributed by atoms with Crippen molar-refractivity contribution < 1.29 is 29.3 Å². The minimum atomic E-state index is -1.82. The summed E-state index contributed by atoms with van der Waals surface area (Å²) < 4.78 is 14.0. The van der Waals surface area contributed by atoms with Gasteiger partial charge in [-0.15, -0.1) is 0 Å². The summed E-state index contributed by atoms with van der Waals surface area (Å²) in [6.07, 6.45) is 4.27. The van der Waals surface area contributed by atoms with E-state index in [-0.39, 0.29) is 11.7 Å². The lowest BCUT2D eigenvalue weighted by Gasteiger charge is -2.41. The van der Waals surface area contributed by atoms with Crippen LogP contribution >= 0.6 is 11.6 Å². The number of aliphatic hydroxyl groups is 1. The fourth-order valence-corrected chi connectivity index (χ4v) is 3.38. The van der Waals surface area contributed by atoms with Crippen LogP contribution in [0.3, 0.4) is 0 Å². The standard InChI is InChI=1S/C16H23ClFNO.C2H2O4/c1-19(2)11-13-5-3-4-8-16(13,20)10-12-6-7-14(17)9-15(12)18;3-1(4)2(5)6/h6-7,9,13,20H,3-5,8,10-11H2,1-2H3;(H,3,4)(H,5,6)/t13-,16-;/m0./s1. The lowest BCUT2D eigenvalue weighted by molar-refractivity contribution is -0.159. The maximum Gasteiger partial charge on any atom is 0.414 e. The van der Waals surface area contributed by atoms with Crippen molar-refractivity contribution in [1.82, 2.24) is 4.90 Å². The molecule has 3 N–H and O–H groups in total. The molecule has 0 radical (unpaired) electrons. The molecule has 0 bridgehead atoms. The molecular weight excluding hydrogens is 365 g/mol. The first kappa shape index (κ1) is 22.3. The van der Waals surface area contributed by atoms with E-state index in [2.05, 4.69) is 4.90 Å². The van der Waals surface area contributed by atoms with Crippen LogP contribution in [-0.2, 0) is 16.0 Å². The van der Waals surface area contributed by atoms with Gasteiger partial charge >= 0.3 is 11.9 Å². The van der Waals surface area contributed by atoms with Gasteiger partial charge in [0, 0.05) is 23.9 Å². The van der Waals surface area contributed by atoms with E-state index >= 15 is 0 Å². The molecule has 146 valence electrons. The molecule has 1 aliphatic carbocycles. The fourth-order valence-electron chi connectivity index (χ4n) is 3.22. The molecule has 2 atom stereocenters. The highest BCUT2D eigenvalue weighted by molar-refractivity contribution is 6.30. The second-order valence-corrected chi connectivity index (χ2v) is 7.27. The molecule has 0 unspecified atom stereocenters. The number of halogens is 2. The maximum atomic E-state index is 14.0. The normalized spacial score (nSPS) is 22.5. The van der Waals surface area contributed by atoms with Gasteiger partial charge in [-0.25, -0.2) is 14.0 Å². The van der Waals surface area contributed by atoms with Gasteiger partial charge in [-0.3, -0.25) is 0 Å². The van der Waals surface area contributed by atoms with Gasteiger partial charge in [0.2, 0.25) is 0 Å². The molecule has 0 spiro atoms. The summed E-state index contributed by atoms with van der Waals surface area (Å²) in [5.41, 5.74) is -0.250. The van der Waals surface area contributed by atoms with Crippen LogP contribution in [0.15, 0.2) is 18.2 Å². The third kappa shape index (κ3) is 6.90. The van der Waals surface area contributed by atoms with Crippen LogP contribution < -0.4 is 0 Å². The Hall–Kier alpha value is -1.70. The van der Waals surface area contributed by atoms with Crippen LogP contribution in [0.25, 0.3) is 0 Å². The van der Waals surface area contributed by atoms with Crippen molar-refractivity contribution in [2.24, 2.45) is 5.92 Å². The van der Waals surface area contributed by atoms with E-state index in [0.29, 0.717) is 17.0 Å². The number of nitrogens with zero attached hydrogens (tertiary/aromatic N) is 1. The Labute approximate surface area is 157 Å². The van der Waals surface area contributed by atoms with Gasteiger partial charge in [-0.2, -0.15) is 0 Å². The van der Waals surface area contributed by atoms with Gasteiger partial charge in [0.15, 0.2) is 0 Å². The molecule has 1 aromatic carbocycles. The molecule has 1 saturated carbocycles. The van der Waals surface area contributed by atoms with Gasteiger partial charge in [0.25, 0.3) is 0 Å². The molecule has 0 aromatic heterocycles. The van der Waals surface area contributed by atoms with Crippen molar-refractivity contribution >= 4 is 23.5 Å². The number of rotatable bonds is 4. The van der Waals surface area contributed by atoms with Gasteiger partial charge in [0.1, 0.15) is 5.82 Å². The lowest BCUT2D eigenvalue weighted by Crippen LogP contribution is -2.47. The van der Waals surface area contributed by atoms with Crippen molar-refractivity contribution in [3.8, 4) is 0 Å². The summed E-state index contributed by atoms with van der Waals surface area (Å²) in [6, 6.07) is 4.70. The number of carboxylic acid groups (broad SMARTS) is 2. The van der Waals surface area contributed by atoms with Gasteiger partial charge < -0.3 is 20.2 Å². The van der Waals surface area contributed by atoms with E-state index in [0.717, 1.165) is 32.2 Å². The third-order valence-corrected chi connectivity index (χ3v) is 4.69. The van der Waals surface area contributed by atoms with Crippen LogP contribution in [0.1, 0.15) is 31.2 Å². The molecule has 8 heteroatoms. The maximum absolute atomic E-state index is 14.0. The van der Waals surface area contributed by atoms with E-state index in [9.17, 15) is 9.50 Å². The average molecular weight is 390 g/mol. The minimum Gasteiger partial charge on any atom is -0.473 e. The second kappa shape index (κ2) is 9.85. The van der Waals surface area contributed by atoms with Crippen LogP contribution in [0.2, 0.25) is 5.02 Å². The quantitative estimate of drug-likeness (QED) is 0.685. The predicted octanol–water partition coefficient (Wildman–Crippen LogP) is 2.66. The monoisotopic (exact) mass is 389 g/mol. The Kier molecular flexibility index (Phi) is 8.46. The van der Waals surface area contributed by atoms with E-state index in [1.54, 1.807) is 12.1 Å². The number of carbonyl (C=O) groups is 2. The van der Waals surface area contributed by atoms with E-state index in [4.69, 9.17) is 31.4 Å². The first-order chi connectivity index (χ1) is 12.0. The van der Waals surface area contributed by atoms with Crippen molar-refractivity contribution in [2.45, 2.75) is 37.7 Å². The van der Waals surface area contributed by atoms with Crippen LogP contribution in [0.4, 0.5) is 4.39 Å². The van der Waals surface area contributed by atoms with Crippen LogP contribution in [0, 0.1) is 11.7 Å². The molecule has 0 aliphatic heterocycles. The number of aliphatic carboxylic acids is 2.